The molecule has 0 aliphatic carbocycles. The van der Waals surface area contributed by atoms with Gasteiger partial charge in [0.15, 0.2) is 9.84 Å². The van der Waals surface area contributed by atoms with Crippen molar-refractivity contribution in [3.05, 3.63) is 28.8 Å². The van der Waals surface area contributed by atoms with Gasteiger partial charge in [0.1, 0.15) is 0 Å². The van der Waals surface area contributed by atoms with Gasteiger partial charge >= 0.3 is 0 Å². The van der Waals surface area contributed by atoms with Crippen LogP contribution in [0.3, 0.4) is 0 Å². The van der Waals surface area contributed by atoms with Gasteiger partial charge < -0.3 is 10.6 Å². The number of sulfone groups is 1. The van der Waals surface area contributed by atoms with Crippen LogP contribution in [0.1, 0.15) is 16.8 Å². The Hall–Kier alpha value is -1.27. The highest BCUT2D eigenvalue weighted by Crippen LogP contribution is 2.20. The van der Waals surface area contributed by atoms with Crippen LogP contribution in [0.2, 0.25) is 5.02 Å². The maximum atomic E-state index is 12.3. The Morgan fingerprint density at radius 1 is 1.26 bits per heavy atom. The van der Waals surface area contributed by atoms with Gasteiger partial charge in [-0.3, -0.25) is 4.79 Å². The van der Waals surface area contributed by atoms with Crippen LogP contribution in [0.25, 0.3) is 0 Å². The van der Waals surface area contributed by atoms with Crippen LogP contribution >= 0.6 is 11.6 Å². The van der Waals surface area contributed by atoms with E-state index in [0.717, 1.165) is 0 Å². The van der Waals surface area contributed by atoms with Crippen molar-refractivity contribution < 1.29 is 13.2 Å². The van der Waals surface area contributed by atoms with Gasteiger partial charge in [-0.2, -0.15) is 0 Å². The number of hydrogen-bond donors (Lipinski definition) is 1. The van der Waals surface area contributed by atoms with Crippen LogP contribution < -0.4 is 5.73 Å². The summed E-state index contributed by atoms with van der Waals surface area (Å²) in [6, 6.07) is 4.68. The summed E-state index contributed by atoms with van der Waals surface area (Å²) >= 11 is 5.79. The average Bonchev–Trinajstić information content (AvgIpc) is 2.49. The lowest BCUT2D eigenvalue weighted by Crippen LogP contribution is -2.34. The zero-order valence-corrected chi connectivity index (χ0v) is 11.9. The minimum absolute atomic E-state index is 0.00619. The van der Waals surface area contributed by atoms with Crippen molar-refractivity contribution in [1.82, 2.24) is 4.90 Å². The molecule has 5 nitrogen and oxygen atoms in total. The fourth-order valence-corrected chi connectivity index (χ4v) is 3.49. The van der Waals surface area contributed by atoms with E-state index in [0.29, 0.717) is 29.2 Å². The number of hydrogen-bond acceptors (Lipinski definition) is 4. The lowest BCUT2D eigenvalue weighted by molar-refractivity contribution is 0.0769. The molecule has 0 radical (unpaired) electrons. The second-order valence-electron chi connectivity index (χ2n) is 4.53. The number of benzene rings is 1. The second-order valence-corrected chi connectivity index (χ2v) is 7.27. The summed E-state index contributed by atoms with van der Waals surface area (Å²) in [7, 11) is -3.03. The van der Waals surface area contributed by atoms with Gasteiger partial charge in [0, 0.05) is 23.8 Å². The SMILES string of the molecule is Nc1cc(Cl)ccc1C(=O)N1CCCS(=O)(=O)CC1. The number of anilines is 1. The summed E-state index contributed by atoms with van der Waals surface area (Å²) in [5, 5.41) is 0.465. The molecule has 0 bridgehead atoms. The van der Waals surface area contributed by atoms with Crippen molar-refractivity contribution >= 4 is 33.0 Å². The third-order valence-corrected chi connectivity index (χ3v) is 5.04. The van der Waals surface area contributed by atoms with E-state index in [4.69, 9.17) is 17.3 Å². The number of carbonyl (C=O) groups is 1. The molecule has 1 saturated heterocycles. The van der Waals surface area contributed by atoms with Crippen molar-refractivity contribution in [3.63, 3.8) is 0 Å². The lowest BCUT2D eigenvalue weighted by Gasteiger charge is -2.20. The molecule has 104 valence electrons. The van der Waals surface area contributed by atoms with Gasteiger partial charge in [-0.1, -0.05) is 11.6 Å². The summed E-state index contributed by atoms with van der Waals surface area (Å²) in [6.07, 6.45) is 0.460. The molecule has 1 aliphatic rings. The van der Waals surface area contributed by atoms with Crippen molar-refractivity contribution in [2.75, 3.05) is 30.3 Å². The van der Waals surface area contributed by atoms with Gasteiger partial charge in [-0.15, -0.1) is 0 Å². The Kier molecular flexibility index (Phi) is 4.01. The molecule has 0 spiro atoms. The molecule has 2 N–H and O–H groups in total. The molecule has 7 heteroatoms. The van der Waals surface area contributed by atoms with Gasteiger partial charge in [-0.05, 0) is 24.6 Å². The van der Waals surface area contributed by atoms with E-state index in [1.54, 1.807) is 12.1 Å². The number of amides is 1. The van der Waals surface area contributed by atoms with Crippen LogP contribution in [-0.2, 0) is 9.84 Å². The first-order valence-corrected chi connectivity index (χ1v) is 8.14. The predicted molar refractivity (Wildman–Crippen MR) is 75.0 cm³/mol. The fourth-order valence-electron chi connectivity index (χ4n) is 2.04. The summed E-state index contributed by atoms with van der Waals surface area (Å²) in [5.41, 5.74) is 6.45. The fraction of sp³-hybridized carbons (Fsp3) is 0.417. The number of rotatable bonds is 1. The zero-order chi connectivity index (χ0) is 14.0. The molecule has 1 heterocycles. The van der Waals surface area contributed by atoms with Crippen molar-refractivity contribution in [3.8, 4) is 0 Å². The number of nitrogens with zero attached hydrogens (tertiary/aromatic N) is 1. The number of nitrogens with two attached hydrogens (primary N) is 1. The summed E-state index contributed by atoms with van der Waals surface area (Å²) in [6.45, 7) is 0.642. The average molecular weight is 303 g/mol. The van der Waals surface area contributed by atoms with Crippen LogP contribution in [-0.4, -0.2) is 43.8 Å². The molecule has 2 rings (SSSR count). The molecule has 0 aromatic heterocycles. The van der Waals surface area contributed by atoms with E-state index in [9.17, 15) is 13.2 Å². The van der Waals surface area contributed by atoms with Crippen molar-refractivity contribution in [2.45, 2.75) is 6.42 Å². The minimum Gasteiger partial charge on any atom is -0.398 e. The summed E-state index contributed by atoms with van der Waals surface area (Å²) in [4.78, 5) is 13.8. The molecule has 0 saturated carbocycles. The number of carbonyl (C=O) groups excluding carboxylic acids is 1. The largest absolute Gasteiger partial charge is 0.398 e. The van der Waals surface area contributed by atoms with Crippen molar-refractivity contribution in [1.29, 1.82) is 0 Å². The Morgan fingerprint density at radius 2 is 2.00 bits per heavy atom. The Balaban J connectivity index is 2.20. The molecule has 19 heavy (non-hydrogen) atoms. The molecule has 0 unspecified atom stereocenters. The molecule has 1 amide bonds. The lowest BCUT2D eigenvalue weighted by atomic mass is 10.1. The monoisotopic (exact) mass is 302 g/mol. The molecular weight excluding hydrogens is 288 g/mol. The summed E-state index contributed by atoms with van der Waals surface area (Å²) < 4.78 is 23.0. The Labute approximate surface area is 117 Å². The third-order valence-electron chi connectivity index (χ3n) is 3.09. The normalized spacial score (nSPS) is 18.9. The van der Waals surface area contributed by atoms with E-state index >= 15 is 0 Å². The number of nitrogen functional groups attached to an aromatic ring is 1. The molecule has 1 aromatic rings. The molecule has 0 atom stereocenters. The maximum absolute atomic E-state index is 12.3. The van der Waals surface area contributed by atoms with Crippen molar-refractivity contribution in [2.24, 2.45) is 0 Å². The van der Waals surface area contributed by atoms with Gasteiger partial charge in [-0.25, -0.2) is 8.42 Å². The first-order valence-electron chi connectivity index (χ1n) is 5.94. The second kappa shape index (κ2) is 5.38. The first-order chi connectivity index (χ1) is 8.89. The maximum Gasteiger partial charge on any atom is 0.255 e. The molecular formula is C12H15ClN2O3S. The van der Waals surface area contributed by atoms with E-state index in [1.165, 1.54) is 11.0 Å². The van der Waals surface area contributed by atoms with E-state index in [-0.39, 0.29) is 24.0 Å². The van der Waals surface area contributed by atoms with Gasteiger partial charge in [0.05, 0.1) is 17.1 Å². The highest BCUT2D eigenvalue weighted by Gasteiger charge is 2.24. The minimum atomic E-state index is -3.03. The molecule has 1 aromatic carbocycles. The molecule has 1 fully saturated rings. The highest BCUT2D eigenvalue weighted by atomic mass is 35.5. The van der Waals surface area contributed by atoms with E-state index < -0.39 is 9.84 Å². The predicted octanol–water partition coefficient (Wildman–Crippen LogP) is 1.18. The standard InChI is InChI=1S/C12H15ClN2O3S/c13-9-2-3-10(11(14)8-9)12(16)15-4-1-6-19(17,18)7-5-15/h2-3,8H,1,4-7,14H2. The van der Waals surface area contributed by atoms with E-state index in [2.05, 4.69) is 0 Å². The number of halogens is 1. The summed E-state index contributed by atoms with van der Waals surface area (Å²) in [5.74, 6) is -0.106. The van der Waals surface area contributed by atoms with Crippen LogP contribution in [0.15, 0.2) is 18.2 Å². The quantitative estimate of drug-likeness (QED) is 0.790. The smallest absolute Gasteiger partial charge is 0.255 e. The van der Waals surface area contributed by atoms with Crippen LogP contribution in [0, 0.1) is 0 Å². The first kappa shape index (κ1) is 14.1. The third kappa shape index (κ3) is 3.39. The van der Waals surface area contributed by atoms with E-state index in [1.807, 2.05) is 0 Å². The van der Waals surface area contributed by atoms with Gasteiger partial charge in [0.2, 0.25) is 0 Å². The van der Waals surface area contributed by atoms with Crippen LogP contribution in [0.5, 0.6) is 0 Å². The molecule has 1 aliphatic heterocycles. The van der Waals surface area contributed by atoms with Crippen LogP contribution in [0.4, 0.5) is 5.69 Å². The topological polar surface area (TPSA) is 80.5 Å². The Bertz CT molecular complexity index is 601. The highest BCUT2D eigenvalue weighted by molar-refractivity contribution is 7.91. The zero-order valence-electron chi connectivity index (χ0n) is 10.3. The Morgan fingerprint density at radius 3 is 2.68 bits per heavy atom. The van der Waals surface area contributed by atoms with Gasteiger partial charge in [0.25, 0.3) is 5.91 Å².